The van der Waals surface area contributed by atoms with Crippen LogP contribution >= 0.6 is 0 Å². The lowest BCUT2D eigenvalue weighted by Gasteiger charge is -2.24. The van der Waals surface area contributed by atoms with Crippen LogP contribution in [0.25, 0.3) is 0 Å². The smallest absolute Gasteiger partial charge is 0.264 e. The Bertz CT molecular complexity index is 1140. The third-order valence-corrected chi connectivity index (χ3v) is 7.16. The van der Waals surface area contributed by atoms with Crippen LogP contribution in [0.3, 0.4) is 0 Å². The summed E-state index contributed by atoms with van der Waals surface area (Å²) >= 11 is 0. The van der Waals surface area contributed by atoms with Crippen LogP contribution in [0.1, 0.15) is 29.3 Å². The number of aryl methyl sites for hydroxylation is 1. The molecule has 1 aromatic heterocycles. The normalized spacial score (nSPS) is 15.8. The number of imidazole rings is 1. The summed E-state index contributed by atoms with van der Waals surface area (Å²) in [5, 5.41) is 2.85. The lowest BCUT2D eigenvalue weighted by atomic mass is 10.1. The molecular weight excluding hydrogens is 400 g/mol. The van der Waals surface area contributed by atoms with Gasteiger partial charge in [-0.1, -0.05) is 24.3 Å². The fourth-order valence-corrected chi connectivity index (χ4v) is 5.54. The molecule has 2 aromatic carbocycles. The minimum Gasteiger partial charge on any atom is -0.352 e. The van der Waals surface area contributed by atoms with Crippen molar-refractivity contribution in [1.82, 2.24) is 14.9 Å². The first-order valence-corrected chi connectivity index (χ1v) is 11.4. The fourth-order valence-electron chi connectivity index (χ4n) is 3.80. The van der Waals surface area contributed by atoms with Crippen molar-refractivity contribution in [3.05, 3.63) is 78.4 Å². The number of anilines is 1. The Morgan fingerprint density at radius 1 is 1.20 bits per heavy atom. The molecule has 0 saturated heterocycles. The molecule has 0 aliphatic carbocycles. The van der Waals surface area contributed by atoms with Gasteiger partial charge in [-0.05, 0) is 49.6 Å². The SMILES string of the molecule is C[C@@H]1Cc2ccccc2N1S(=O)(=O)c1cccc(C(=O)NCCCn2ccnc2)c1. The van der Waals surface area contributed by atoms with E-state index >= 15 is 0 Å². The second kappa shape index (κ2) is 8.31. The maximum Gasteiger partial charge on any atom is 0.264 e. The molecule has 30 heavy (non-hydrogen) atoms. The molecular formula is C22H24N4O3S. The van der Waals surface area contributed by atoms with Crippen molar-refractivity contribution >= 4 is 21.6 Å². The van der Waals surface area contributed by atoms with Crippen LogP contribution in [-0.4, -0.2) is 36.5 Å². The van der Waals surface area contributed by atoms with Crippen molar-refractivity contribution in [1.29, 1.82) is 0 Å². The van der Waals surface area contributed by atoms with Crippen molar-refractivity contribution < 1.29 is 13.2 Å². The van der Waals surface area contributed by atoms with Crippen molar-refractivity contribution in [2.45, 2.75) is 37.2 Å². The number of para-hydroxylation sites is 1. The van der Waals surface area contributed by atoms with Gasteiger partial charge in [0.1, 0.15) is 0 Å². The zero-order chi connectivity index (χ0) is 21.1. The molecule has 0 saturated carbocycles. The first-order chi connectivity index (χ1) is 14.5. The predicted molar refractivity (Wildman–Crippen MR) is 115 cm³/mol. The van der Waals surface area contributed by atoms with Gasteiger partial charge >= 0.3 is 0 Å². The maximum atomic E-state index is 13.4. The van der Waals surface area contributed by atoms with E-state index in [2.05, 4.69) is 10.3 Å². The van der Waals surface area contributed by atoms with Crippen LogP contribution in [0.15, 0.2) is 72.1 Å². The molecule has 1 aliphatic heterocycles. The Labute approximate surface area is 176 Å². The summed E-state index contributed by atoms with van der Waals surface area (Å²) in [4.78, 5) is 16.6. The van der Waals surface area contributed by atoms with Gasteiger partial charge in [0.2, 0.25) is 0 Å². The van der Waals surface area contributed by atoms with Crippen LogP contribution in [-0.2, 0) is 23.0 Å². The minimum absolute atomic E-state index is 0.122. The molecule has 1 aliphatic rings. The Morgan fingerprint density at radius 3 is 2.83 bits per heavy atom. The van der Waals surface area contributed by atoms with Crippen molar-refractivity contribution in [3.8, 4) is 0 Å². The maximum absolute atomic E-state index is 13.4. The number of carbonyl (C=O) groups is 1. The predicted octanol–water partition coefficient (Wildman–Crippen LogP) is 2.84. The lowest BCUT2D eigenvalue weighted by Crippen LogP contribution is -2.36. The van der Waals surface area contributed by atoms with Gasteiger partial charge in [0, 0.05) is 37.1 Å². The van der Waals surface area contributed by atoms with Gasteiger partial charge in [-0.3, -0.25) is 9.10 Å². The molecule has 0 spiro atoms. The zero-order valence-electron chi connectivity index (χ0n) is 16.7. The average Bonchev–Trinajstić information content (AvgIpc) is 3.38. The highest BCUT2D eigenvalue weighted by atomic mass is 32.2. The molecule has 1 atom stereocenters. The molecule has 8 heteroatoms. The van der Waals surface area contributed by atoms with E-state index < -0.39 is 10.0 Å². The van der Waals surface area contributed by atoms with E-state index in [1.54, 1.807) is 30.7 Å². The number of fused-ring (bicyclic) bond motifs is 1. The summed E-state index contributed by atoms with van der Waals surface area (Å²) in [7, 11) is -3.77. The number of carbonyl (C=O) groups excluding carboxylic acids is 1. The van der Waals surface area contributed by atoms with Crippen LogP contribution < -0.4 is 9.62 Å². The Morgan fingerprint density at radius 2 is 2.03 bits per heavy atom. The standard InChI is InChI=1S/C22H24N4O3S/c1-17-14-18-6-2-3-9-21(18)26(17)30(28,29)20-8-4-7-19(15-20)22(27)24-10-5-12-25-13-11-23-16-25/h2-4,6-9,11,13,15-17H,5,10,12,14H2,1H3,(H,24,27)/t17-/m1/s1. The number of amides is 1. The van der Waals surface area contributed by atoms with E-state index in [0.717, 1.165) is 18.5 Å². The molecule has 0 fully saturated rings. The summed E-state index contributed by atoms with van der Waals surface area (Å²) in [6.45, 7) is 3.14. The number of rotatable bonds is 7. The second-order valence-electron chi connectivity index (χ2n) is 7.42. The van der Waals surface area contributed by atoms with E-state index in [0.29, 0.717) is 24.2 Å². The van der Waals surface area contributed by atoms with Gasteiger partial charge in [-0.2, -0.15) is 0 Å². The van der Waals surface area contributed by atoms with Gasteiger partial charge in [0.25, 0.3) is 15.9 Å². The average molecular weight is 425 g/mol. The zero-order valence-corrected chi connectivity index (χ0v) is 17.5. The molecule has 156 valence electrons. The summed E-state index contributed by atoms with van der Waals surface area (Å²) in [5.41, 5.74) is 2.05. The van der Waals surface area contributed by atoms with Crippen LogP contribution in [0, 0.1) is 0 Å². The number of nitrogens with one attached hydrogen (secondary N) is 1. The molecule has 0 bridgehead atoms. The monoisotopic (exact) mass is 424 g/mol. The van der Waals surface area contributed by atoms with E-state index in [1.807, 2.05) is 42.0 Å². The van der Waals surface area contributed by atoms with Gasteiger partial charge in [-0.25, -0.2) is 13.4 Å². The number of hydrogen-bond donors (Lipinski definition) is 1. The Hall–Kier alpha value is -3.13. The minimum atomic E-state index is -3.77. The van der Waals surface area contributed by atoms with Crippen molar-refractivity contribution in [3.63, 3.8) is 0 Å². The van der Waals surface area contributed by atoms with Gasteiger partial charge < -0.3 is 9.88 Å². The van der Waals surface area contributed by atoms with Crippen molar-refractivity contribution in [2.24, 2.45) is 0 Å². The summed E-state index contributed by atoms with van der Waals surface area (Å²) in [5.74, 6) is -0.285. The number of hydrogen-bond acceptors (Lipinski definition) is 4. The molecule has 3 aromatic rings. The number of aromatic nitrogens is 2. The lowest BCUT2D eigenvalue weighted by molar-refractivity contribution is 0.0952. The number of benzene rings is 2. The van der Waals surface area contributed by atoms with Crippen LogP contribution in [0.2, 0.25) is 0 Å². The topological polar surface area (TPSA) is 84.3 Å². The summed E-state index contributed by atoms with van der Waals surface area (Å²) in [6, 6.07) is 13.6. The largest absolute Gasteiger partial charge is 0.352 e. The molecule has 4 rings (SSSR count). The third-order valence-electron chi connectivity index (χ3n) is 5.24. The first kappa shape index (κ1) is 20.2. The molecule has 2 heterocycles. The highest BCUT2D eigenvalue weighted by Gasteiger charge is 2.36. The van der Waals surface area contributed by atoms with Gasteiger partial charge in [-0.15, -0.1) is 0 Å². The fraction of sp³-hybridized carbons (Fsp3) is 0.273. The molecule has 1 N–H and O–H groups in total. The summed E-state index contributed by atoms with van der Waals surface area (Å²) < 4.78 is 30.1. The first-order valence-electron chi connectivity index (χ1n) is 9.93. The Kier molecular flexibility index (Phi) is 5.59. The van der Waals surface area contributed by atoms with E-state index in [9.17, 15) is 13.2 Å². The van der Waals surface area contributed by atoms with E-state index in [4.69, 9.17) is 0 Å². The highest BCUT2D eigenvalue weighted by Crippen LogP contribution is 2.36. The quantitative estimate of drug-likeness (QED) is 0.591. The third kappa shape index (κ3) is 3.95. The molecule has 0 unspecified atom stereocenters. The number of sulfonamides is 1. The Balaban J connectivity index is 1.48. The second-order valence-corrected chi connectivity index (χ2v) is 9.24. The molecule has 1 amide bonds. The highest BCUT2D eigenvalue weighted by molar-refractivity contribution is 7.92. The van der Waals surface area contributed by atoms with Gasteiger partial charge in [0.15, 0.2) is 0 Å². The van der Waals surface area contributed by atoms with E-state index in [-0.39, 0.29) is 16.8 Å². The van der Waals surface area contributed by atoms with E-state index in [1.165, 1.54) is 10.4 Å². The number of nitrogens with zero attached hydrogens (tertiary/aromatic N) is 3. The summed E-state index contributed by atoms with van der Waals surface area (Å²) in [6.07, 6.45) is 6.74. The van der Waals surface area contributed by atoms with Gasteiger partial charge in [0.05, 0.1) is 16.9 Å². The molecule has 0 radical (unpaired) electrons. The van der Waals surface area contributed by atoms with Crippen molar-refractivity contribution in [2.75, 3.05) is 10.8 Å². The van der Waals surface area contributed by atoms with Crippen LogP contribution in [0.4, 0.5) is 5.69 Å². The van der Waals surface area contributed by atoms with Crippen LogP contribution in [0.5, 0.6) is 0 Å². The molecule has 7 nitrogen and oxygen atoms in total.